The molecule has 5 nitrogen and oxygen atoms in total. The molecule has 0 saturated heterocycles. The molecule has 1 aliphatic carbocycles. The van der Waals surface area contributed by atoms with E-state index in [0.717, 1.165) is 0 Å². The summed E-state index contributed by atoms with van der Waals surface area (Å²) < 4.78 is 98.8. The van der Waals surface area contributed by atoms with Gasteiger partial charge in [-0.1, -0.05) is 0 Å². The van der Waals surface area contributed by atoms with Gasteiger partial charge in [-0.2, -0.15) is 26.3 Å². The van der Waals surface area contributed by atoms with E-state index >= 15 is 0 Å². The van der Waals surface area contributed by atoms with Crippen LogP contribution in [-0.4, -0.2) is 35.5 Å². The first-order valence-corrected chi connectivity index (χ1v) is 7.67. The highest BCUT2D eigenvalue weighted by Gasteiger charge is 2.61. The molecule has 0 atom stereocenters. The summed E-state index contributed by atoms with van der Waals surface area (Å²) in [5.74, 6) is -5.44. The molecule has 13 heteroatoms. The summed E-state index contributed by atoms with van der Waals surface area (Å²) in [6.45, 7) is 0. The first kappa shape index (κ1) is 16.3. The zero-order chi connectivity index (χ0) is 16.2. The van der Waals surface area contributed by atoms with Crippen LogP contribution in [0.3, 0.4) is 0 Å². The molecule has 1 fully saturated rings. The molecule has 1 aromatic rings. The zero-order valence-corrected chi connectivity index (χ0v) is 11.4. The molecule has 0 spiro atoms. The molecule has 0 bridgehead atoms. The smallest absolute Gasteiger partial charge is 0.297 e. The third-order valence-electron chi connectivity index (χ3n) is 2.73. The van der Waals surface area contributed by atoms with Crippen LogP contribution in [0.15, 0.2) is 5.16 Å². The van der Waals surface area contributed by atoms with Crippen molar-refractivity contribution in [2.24, 2.45) is 0 Å². The topological polar surface area (TPSA) is 64.8 Å². The van der Waals surface area contributed by atoms with Gasteiger partial charge in [0.05, 0.1) is 0 Å². The van der Waals surface area contributed by atoms with Crippen LogP contribution in [-0.2, 0) is 9.05 Å². The van der Waals surface area contributed by atoms with Gasteiger partial charge in [0.25, 0.3) is 14.2 Å². The summed E-state index contributed by atoms with van der Waals surface area (Å²) in [6, 6.07) is -0.842. The standard InChI is InChI=1S/C8H6ClF6N3O2S/c9-21(19,20)6-17-16-5(18(6)3-1-2-3)4(7(10,11)12)8(13,14)15/h3-4H,1-2H2. The van der Waals surface area contributed by atoms with Crippen molar-refractivity contribution in [1.29, 1.82) is 0 Å². The largest absolute Gasteiger partial charge is 0.407 e. The maximum atomic E-state index is 12.7. The van der Waals surface area contributed by atoms with Gasteiger partial charge in [-0.3, -0.25) is 4.57 Å². The molecular weight excluding hydrogens is 352 g/mol. The van der Waals surface area contributed by atoms with Crippen molar-refractivity contribution in [3.8, 4) is 0 Å². The van der Waals surface area contributed by atoms with Gasteiger partial charge in [0.15, 0.2) is 5.82 Å². The Morgan fingerprint density at radius 2 is 1.57 bits per heavy atom. The van der Waals surface area contributed by atoms with Crippen molar-refractivity contribution in [3.05, 3.63) is 5.82 Å². The van der Waals surface area contributed by atoms with E-state index in [1.54, 1.807) is 0 Å². The Hall–Kier alpha value is -1.04. The second-order valence-corrected chi connectivity index (χ2v) is 6.86. The van der Waals surface area contributed by atoms with Crippen LogP contribution in [0.1, 0.15) is 30.6 Å². The van der Waals surface area contributed by atoms with E-state index in [1.807, 2.05) is 0 Å². The first-order chi connectivity index (χ1) is 9.33. The van der Waals surface area contributed by atoms with Crippen LogP contribution >= 0.6 is 10.7 Å². The second-order valence-electron chi connectivity index (χ2n) is 4.40. The van der Waals surface area contributed by atoms with Crippen LogP contribution in [0.25, 0.3) is 0 Å². The molecule has 1 saturated carbocycles. The predicted molar refractivity (Wildman–Crippen MR) is 56.2 cm³/mol. The number of aromatic nitrogens is 3. The van der Waals surface area contributed by atoms with Crippen LogP contribution in [0, 0.1) is 0 Å². The fourth-order valence-electron chi connectivity index (χ4n) is 1.81. The third kappa shape index (κ3) is 3.25. The molecule has 2 rings (SSSR count). The second kappa shape index (κ2) is 4.73. The average molecular weight is 358 g/mol. The Morgan fingerprint density at radius 3 is 1.90 bits per heavy atom. The van der Waals surface area contributed by atoms with E-state index in [4.69, 9.17) is 10.7 Å². The van der Waals surface area contributed by atoms with Gasteiger partial charge < -0.3 is 0 Å². The Labute approximate surface area is 118 Å². The van der Waals surface area contributed by atoms with Gasteiger partial charge >= 0.3 is 12.4 Å². The molecular formula is C8H6ClF6N3O2S. The number of alkyl halides is 6. The van der Waals surface area contributed by atoms with E-state index in [-0.39, 0.29) is 12.8 Å². The number of halogens is 7. The van der Waals surface area contributed by atoms with Gasteiger partial charge in [-0.25, -0.2) is 8.42 Å². The highest BCUT2D eigenvalue weighted by molar-refractivity contribution is 8.13. The normalized spacial score (nSPS) is 17.5. The Bertz CT molecular complexity index is 634. The van der Waals surface area contributed by atoms with E-state index in [2.05, 4.69) is 10.2 Å². The summed E-state index contributed by atoms with van der Waals surface area (Å²) in [6.07, 6.45) is -10.9. The van der Waals surface area contributed by atoms with Crippen LogP contribution in [0.5, 0.6) is 0 Å². The molecule has 0 N–H and O–H groups in total. The lowest BCUT2D eigenvalue weighted by Gasteiger charge is -2.22. The number of hydrogen-bond acceptors (Lipinski definition) is 4. The van der Waals surface area contributed by atoms with Gasteiger partial charge in [0, 0.05) is 16.7 Å². The van der Waals surface area contributed by atoms with Crippen molar-refractivity contribution >= 4 is 19.7 Å². The van der Waals surface area contributed by atoms with Crippen LogP contribution in [0.2, 0.25) is 0 Å². The monoisotopic (exact) mass is 357 g/mol. The van der Waals surface area contributed by atoms with E-state index in [9.17, 15) is 34.8 Å². The van der Waals surface area contributed by atoms with E-state index in [0.29, 0.717) is 4.57 Å². The Morgan fingerprint density at radius 1 is 1.10 bits per heavy atom. The average Bonchev–Trinajstić information content (AvgIpc) is 2.94. The highest BCUT2D eigenvalue weighted by Crippen LogP contribution is 2.48. The van der Waals surface area contributed by atoms with Crippen molar-refractivity contribution in [3.63, 3.8) is 0 Å². The molecule has 21 heavy (non-hydrogen) atoms. The molecule has 1 heterocycles. The zero-order valence-electron chi connectivity index (χ0n) is 9.78. The van der Waals surface area contributed by atoms with Gasteiger partial charge in [0.2, 0.25) is 5.92 Å². The Kier molecular flexibility index (Phi) is 3.68. The number of nitrogens with zero attached hydrogens (tertiary/aromatic N) is 3. The van der Waals surface area contributed by atoms with Crippen molar-refractivity contribution in [2.45, 2.75) is 42.3 Å². The number of hydrogen-bond donors (Lipinski definition) is 0. The summed E-state index contributed by atoms with van der Waals surface area (Å²) in [5.41, 5.74) is 0. The fraction of sp³-hybridized carbons (Fsp3) is 0.750. The minimum atomic E-state index is -5.69. The molecule has 1 aromatic heterocycles. The summed E-state index contributed by atoms with van der Waals surface area (Å²) in [5, 5.41) is 4.57. The van der Waals surface area contributed by atoms with E-state index in [1.165, 1.54) is 0 Å². The molecule has 0 unspecified atom stereocenters. The highest BCUT2D eigenvalue weighted by atomic mass is 35.7. The Balaban J connectivity index is 2.65. The summed E-state index contributed by atoms with van der Waals surface area (Å²) >= 11 is 0. The molecule has 0 radical (unpaired) electrons. The summed E-state index contributed by atoms with van der Waals surface area (Å²) in [4.78, 5) is 0. The van der Waals surface area contributed by atoms with Crippen LogP contribution in [0.4, 0.5) is 26.3 Å². The quantitative estimate of drug-likeness (QED) is 0.616. The fourth-order valence-corrected chi connectivity index (χ4v) is 2.74. The SMILES string of the molecule is O=S(=O)(Cl)c1nnc(C(C(F)(F)F)C(F)(F)F)n1C1CC1. The maximum Gasteiger partial charge on any atom is 0.407 e. The van der Waals surface area contributed by atoms with Crippen molar-refractivity contribution in [2.75, 3.05) is 0 Å². The van der Waals surface area contributed by atoms with Gasteiger partial charge in [-0.15, -0.1) is 10.2 Å². The van der Waals surface area contributed by atoms with Gasteiger partial charge in [0.1, 0.15) is 0 Å². The first-order valence-electron chi connectivity index (χ1n) is 5.36. The van der Waals surface area contributed by atoms with Gasteiger partial charge in [-0.05, 0) is 12.8 Å². The molecule has 0 aliphatic heterocycles. The third-order valence-corrected chi connectivity index (χ3v) is 3.86. The molecule has 0 amide bonds. The predicted octanol–water partition coefficient (Wildman–Crippen LogP) is 2.75. The summed E-state index contributed by atoms with van der Waals surface area (Å²) in [7, 11) is 0.353. The molecule has 0 aromatic carbocycles. The van der Waals surface area contributed by atoms with E-state index < -0.39 is 44.3 Å². The minimum Gasteiger partial charge on any atom is -0.297 e. The lowest BCUT2D eigenvalue weighted by atomic mass is 10.1. The maximum absolute atomic E-state index is 12.7. The molecule has 120 valence electrons. The number of rotatable bonds is 3. The lowest BCUT2D eigenvalue weighted by Crippen LogP contribution is -2.36. The lowest BCUT2D eigenvalue weighted by molar-refractivity contribution is -0.256. The van der Waals surface area contributed by atoms with Crippen molar-refractivity contribution < 1.29 is 34.8 Å². The van der Waals surface area contributed by atoms with Crippen molar-refractivity contribution in [1.82, 2.24) is 14.8 Å². The van der Waals surface area contributed by atoms with Crippen LogP contribution < -0.4 is 0 Å². The minimum absolute atomic E-state index is 0.215. The molecule has 1 aliphatic rings.